The van der Waals surface area contributed by atoms with Gasteiger partial charge in [-0.3, -0.25) is 0 Å². The molecule has 2 nitrogen and oxygen atoms in total. The van der Waals surface area contributed by atoms with E-state index in [1.165, 1.54) is 28.2 Å². The van der Waals surface area contributed by atoms with Crippen molar-refractivity contribution in [2.75, 3.05) is 18.6 Å². The molecule has 0 unspecified atom stereocenters. The van der Waals surface area contributed by atoms with Crippen LogP contribution in [0.2, 0.25) is 0 Å². The molecule has 0 spiro atoms. The maximum Gasteiger partial charge on any atom is 0.164 e. The van der Waals surface area contributed by atoms with Crippen molar-refractivity contribution in [3.63, 3.8) is 0 Å². The zero-order chi connectivity index (χ0) is 16.6. The summed E-state index contributed by atoms with van der Waals surface area (Å²) < 4.78 is 0.828. The van der Waals surface area contributed by atoms with Gasteiger partial charge in [0.05, 0.1) is 0 Å². The summed E-state index contributed by atoms with van der Waals surface area (Å²) in [5.74, 6) is 0. The first kappa shape index (κ1) is 15.0. The third-order valence-electron chi connectivity index (χ3n) is 5.04. The minimum absolute atomic E-state index is 0.828. The molecule has 0 amide bonds. The highest BCUT2D eigenvalue weighted by molar-refractivity contribution is 5.66. The molecule has 0 radical (unpaired) electrons. The topological polar surface area (TPSA) is 3.24 Å². The molecule has 0 fully saturated rings. The molecule has 0 aromatic heterocycles. The summed E-state index contributed by atoms with van der Waals surface area (Å²) in [6.45, 7) is 4.09. The van der Waals surface area contributed by atoms with E-state index in [2.05, 4.69) is 97.7 Å². The number of aryl methyl sites for hydroxylation is 1. The Kier molecular flexibility index (Phi) is 3.62. The maximum absolute atomic E-state index is 2.39. The first-order chi connectivity index (χ1) is 11.7. The van der Waals surface area contributed by atoms with Crippen LogP contribution in [0.25, 0.3) is 0 Å². The van der Waals surface area contributed by atoms with Gasteiger partial charge in [0.25, 0.3) is 0 Å². The monoisotopic (exact) mass is 315 g/mol. The first-order valence-electron chi connectivity index (χ1n) is 8.48. The Morgan fingerprint density at radius 3 is 1.96 bits per heavy atom. The average Bonchev–Trinajstić information content (AvgIpc) is 2.62. The lowest BCUT2D eigenvalue weighted by molar-refractivity contribution is 0.361. The van der Waals surface area contributed by atoms with E-state index in [9.17, 15) is 0 Å². The fraction of sp³-hybridized carbons (Fsp3) is 0.182. The molecule has 120 valence electrons. The quantitative estimate of drug-likeness (QED) is 0.584. The Hall–Kier alpha value is -2.58. The van der Waals surface area contributed by atoms with Gasteiger partial charge in [-0.05, 0) is 43.3 Å². The highest BCUT2D eigenvalue weighted by atomic mass is 15.5. The smallest absolute Gasteiger partial charge is 0.164 e. The maximum atomic E-state index is 2.39. The van der Waals surface area contributed by atoms with Gasteiger partial charge < -0.3 is 4.90 Å². The summed E-state index contributed by atoms with van der Waals surface area (Å²) in [5.41, 5.74) is 6.76. The molecular formula is C22H23N2+. The van der Waals surface area contributed by atoms with Gasteiger partial charge in [0.2, 0.25) is 0 Å². The van der Waals surface area contributed by atoms with Crippen LogP contribution in [0, 0.1) is 6.92 Å². The highest BCUT2D eigenvalue weighted by Gasteiger charge is 2.39. The van der Waals surface area contributed by atoms with Crippen molar-refractivity contribution < 1.29 is 0 Å². The summed E-state index contributed by atoms with van der Waals surface area (Å²) in [4.78, 5) is 2.39. The number of fused-ring (bicyclic) bond motifs is 1. The number of nitrogens with zero attached hydrogens (tertiary/aromatic N) is 2. The third kappa shape index (κ3) is 2.40. The summed E-state index contributed by atoms with van der Waals surface area (Å²) >= 11 is 0. The number of benzene rings is 3. The van der Waals surface area contributed by atoms with Gasteiger partial charge in [0.1, 0.15) is 17.9 Å². The number of para-hydroxylation sites is 2. The molecule has 1 aliphatic rings. The summed E-state index contributed by atoms with van der Waals surface area (Å²) in [5, 5.41) is 0. The van der Waals surface area contributed by atoms with Gasteiger partial charge in [-0.15, -0.1) is 0 Å². The average molecular weight is 315 g/mol. The standard InChI is InChI=1S/C22H23N2/c1-18-13-14-22-19(15-18)16-24(17-23(22)2,20-9-5-3-6-10-20)21-11-7-4-8-12-21/h3-15H,16-17H2,1-2H3/q+1. The summed E-state index contributed by atoms with van der Waals surface area (Å²) in [6, 6.07) is 28.6. The normalized spacial score (nSPS) is 15.8. The van der Waals surface area contributed by atoms with Gasteiger partial charge in [-0.2, -0.15) is 0 Å². The predicted octanol–water partition coefficient (Wildman–Crippen LogP) is 5.24. The van der Waals surface area contributed by atoms with Crippen LogP contribution in [-0.4, -0.2) is 13.7 Å². The molecule has 0 saturated heterocycles. The molecule has 0 saturated carbocycles. The Morgan fingerprint density at radius 2 is 1.38 bits per heavy atom. The van der Waals surface area contributed by atoms with Crippen LogP contribution < -0.4 is 9.38 Å². The molecule has 3 aromatic carbocycles. The summed E-state index contributed by atoms with van der Waals surface area (Å²) in [7, 11) is 2.20. The summed E-state index contributed by atoms with van der Waals surface area (Å²) in [6.07, 6.45) is 0. The molecule has 24 heavy (non-hydrogen) atoms. The predicted molar refractivity (Wildman–Crippen MR) is 102 cm³/mol. The minimum atomic E-state index is 0.828. The molecule has 3 aromatic rings. The van der Waals surface area contributed by atoms with Crippen LogP contribution in [0.5, 0.6) is 0 Å². The second-order valence-corrected chi connectivity index (χ2v) is 6.77. The lowest BCUT2D eigenvalue weighted by Crippen LogP contribution is -2.53. The van der Waals surface area contributed by atoms with E-state index in [0.29, 0.717) is 0 Å². The Morgan fingerprint density at radius 1 is 0.792 bits per heavy atom. The van der Waals surface area contributed by atoms with Gasteiger partial charge in [-0.25, -0.2) is 4.48 Å². The van der Waals surface area contributed by atoms with Crippen molar-refractivity contribution in [3.05, 3.63) is 90.0 Å². The second-order valence-electron chi connectivity index (χ2n) is 6.77. The van der Waals surface area contributed by atoms with Crippen molar-refractivity contribution >= 4 is 17.1 Å². The van der Waals surface area contributed by atoms with E-state index in [1.807, 2.05) is 0 Å². The van der Waals surface area contributed by atoms with Crippen LogP contribution in [0.4, 0.5) is 17.1 Å². The lowest BCUT2D eigenvalue weighted by Gasteiger charge is -2.45. The third-order valence-corrected chi connectivity index (χ3v) is 5.04. The van der Waals surface area contributed by atoms with Crippen LogP contribution in [0.3, 0.4) is 0 Å². The van der Waals surface area contributed by atoms with Crippen LogP contribution in [0.1, 0.15) is 11.1 Å². The van der Waals surface area contributed by atoms with Crippen molar-refractivity contribution in [1.82, 2.24) is 4.48 Å². The van der Waals surface area contributed by atoms with Crippen LogP contribution in [0.15, 0.2) is 78.9 Å². The minimum Gasteiger partial charge on any atom is -0.327 e. The van der Waals surface area contributed by atoms with Gasteiger partial charge in [-0.1, -0.05) is 48.0 Å². The van der Waals surface area contributed by atoms with E-state index in [1.54, 1.807) is 0 Å². The van der Waals surface area contributed by atoms with E-state index in [-0.39, 0.29) is 0 Å². The van der Waals surface area contributed by atoms with Crippen molar-refractivity contribution in [2.45, 2.75) is 13.5 Å². The number of hydrogen-bond donors (Lipinski definition) is 0. The van der Waals surface area contributed by atoms with Crippen molar-refractivity contribution in [3.8, 4) is 0 Å². The van der Waals surface area contributed by atoms with Gasteiger partial charge in [0.15, 0.2) is 6.67 Å². The SMILES string of the molecule is Cc1ccc2c(c1)C[N+](c1ccccc1)(c1ccccc1)CN2C. The highest BCUT2D eigenvalue weighted by Crippen LogP contribution is 2.42. The fourth-order valence-corrected chi connectivity index (χ4v) is 3.91. The van der Waals surface area contributed by atoms with Crippen LogP contribution >= 0.6 is 0 Å². The zero-order valence-electron chi connectivity index (χ0n) is 14.3. The van der Waals surface area contributed by atoms with E-state index in [4.69, 9.17) is 0 Å². The number of quaternary nitrogens is 1. The molecule has 0 bridgehead atoms. The van der Waals surface area contributed by atoms with E-state index < -0.39 is 0 Å². The molecule has 4 rings (SSSR count). The van der Waals surface area contributed by atoms with E-state index >= 15 is 0 Å². The van der Waals surface area contributed by atoms with Gasteiger partial charge in [0, 0.05) is 18.3 Å². The molecular weight excluding hydrogens is 292 g/mol. The fourth-order valence-electron chi connectivity index (χ4n) is 3.91. The molecule has 0 atom stereocenters. The van der Waals surface area contributed by atoms with Gasteiger partial charge >= 0.3 is 0 Å². The Balaban J connectivity index is 1.93. The largest absolute Gasteiger partial charge is 0.327 e. The zero-order valence-corrected chi connectivity index (χ0v) is 14.3. The number of hydrogen-bond acceptors (Lipinski definition) is 1. The molecule has 1 heterocycles. The Labute approximate surface area is 144 Å². The molecule has 1 aliphatic heterocycles. The van der Waals surface area contributed by atoms with Crippen LogP contribution in [-0.2, 0) is 6.54 Å². The van der Waals surface area contributed by atoms with E-state index in [0.717, 1.165) is 17.7 Å². The van der Waals surface area contributed by atoms with Crippen molar-refractivity contribution in [2.24, 2.45) is 0 Å². The molecule has 0 N–H and O–H groups in total. The number of rotatable bonds is 2. The molecule has 2 heteroatoms. The molecule has 0 aliphatic carbocycles. The first-order valence-corrected chi connectivity index (χ1v) is 8.48. The lowest BCUT2D eigenvalue weighted by atomic mass is 10.0. The second kappa shape index (κ2) is 5.81. The van der Waals surface area contributed by atoms with Crippen molar-refractivity contribution in [1.29, 1.82) is 0 Å². The number of anilines is 1. The Bertz CT molecular complexity index is 801.